The van der Waals surface area contributed by atoms with Crippen LogP contribution in [0.25, 0.3) is 0 Å². The minimum Gasteiger partial charge on any atom is -0.496 e. The summed E-state index contributed by atoms with van der Waals surface area (Å²) in [5.41, 5.74) is 0.761. The van der Waals surface area contributed by atoms with E-state index in [9.17, 15) is 4.79 Å². The van der Waals surface area contributed by atoms with Gasteiger partial charge in [0.15, 0.2) is 0 Å². The van der Waals surface area contributed by atoms with Crippen molar-refractivity contribution in [1.29, 1.82) is 0 Å². The number of benzene rings is 1. The first kappa shape index (κ1) is 15.3. The average Bonchev–Trinajstić information content (AvgIpc) is 2.45. The predicted molar refractivity (Wildman–Crippen MR) is 83.2 cm³/mol. The van der Waals surface area contributed by atoms with Crippen LogP contribution in [0.5, 0.6) is 5.75 Å². The van der Waals surface area contributed by atoms with Gasteiger partial charge < -0.3 is 15.4 Å². The van der Waals surface area contributed by atoms with Crippen molar-refractivity contribution in [3.63, 3.8) is 0 Å². The molecule has 1 heterocycles. The summed E-state index contributed by atoms with van der Waals surface area (Å²) in [7, 11) is 1.58. The molecule has 0 unspecified atom stereocenters. The molecule has 0 atom stereocenters. The monoisotopic (exact) mass is 340 g/mol. The third kappa shape index (κ3) is 3.73. The number of carbonyl (C=O) groups is 1. The van der Waals surface area contributed by atoms with Crippen molar-refractivity contribution in [2.24, 2.45) is 5.41 Å². The summed E-state index contributed by atoms with van der Waals surface area (Å²) in [5, 5.41) is 6.39. The molecule has 2 rings (SSSR count). The maximum Gasteiger partial charge on any atom is 0.255 e. The fraction of sp³-hybridized carbons (Fsp3) is 0.533. The van der Waals surface area contributed by atoms with Gasteiger partial charge in [0, 0.05) is 11.0 Å². The lowest BCUT2D eigenvalue weighted by atomic mass is 9.81. The predicted octanol–water partition coefficient (Wildman–Crippen LogP) is 2.58. The van der Waals surface area contributed by atoms with Crippen molar-refractivity contribution in [3.8, 4) is 5.75 Å². The Morgan fingerprint density at radius 1 is 1.45 bits per heavy atom. The van der Waals surface area contributed by atoms with E-state index < -0.39 is 0 Å². The number of hydrogen-bond acceptors (Lipinski definition) is 3. The average molecular weight is 341 g/mol. The Hall–Kier alpha value is -1.07. The lowest BCUT2D eigenvalue weighted by molar-refractivity contribution is 0.0919. The number of nitrogens with one attached hydrogen (secondary N) is 2. The van der Waals surface area contributed by atoms with Crippen LogP contribution in [0, 0.1) is 5.41 Å². The Morgan fingerprint density at radius 2 is 2.15 bits per heavy atom. The van der Waals surface area contributed by atoms with Gasteiger partial charge in [0.1, 0.15) is 5.75 Å². The van der Waals surface area contributed by atoms with Gasteiger partial charge in [0.2, 0.25) is 0 Å². The van der Waals surface area contributed by atoms with Crippen molar-refractivity contribution >= 4 is 21.8 Å². The van der Waals surface area contributed by atoms with E-state index in [1.165, 1.54) is 0 Å². The summed E-state index contributed by atoms with van der Waals surface area (Å²) in [6, 6.07) is 5.44. The van der Waals surface area contributed by atoms with Crippen molar-refractivity contribution in [2.75, 3.05) is 26.7 Å². The number of hydrogen-bond donors (Lipinski definition) is 2. The zero-order valence-electron chi connectivity index (χ0n) is 12.0. The summed E-state index contributed by atoms with van der Waals surface area (Å²) in [6.07, 6.45) is 2.18. The molecule has 0 saturated carbocycles. The third-order valence-corrected chi connectivity index (χ3v) is 4.39. The molecular formula is C15H21BrN2O2. The van der Waals surface area contributed by atoms with Crippen LogP contribution in [-0.2, 0) is 0 Å². The fourth-order valence-electron chi connectivity index (χ4n) is 2.45. The summed E-state index contributed by atoms with van der Waals surface area (Å²) in [6.45, 7) is 4.97. The Kier molecular flexibility index (Phi) is 5.05. The van der Waals surface area contributed by atoms with Crippen LogP contribution < -0.4 is 15.4 Å². The van der Waals surface area contributed by atoms with Gasteiger partial charge in [0.05, 0.1) is 12.7 Å². The first-order chi connectivity index (χ1) is 9.54. The van der Waals surface area contributed by atoms with Gasteiger partial charge >= 0.3 is 0 Å². The second kappa shape index (κ2) is 6.59. The molecule has 1 amide bonds. The first-order valence-corrected chi connectivity index (χ1v) is 7.66. The van der Waals surface area contributed by atoms with E-state index in [-0.39, 0.29) is 11.3 Å². The summed E-state index contributed by atoms with van der Waals surface area (Å²) >= 11 is 3.38. The van der Waals surface area contributed by atoms with Gasteiger partial charge in [-0.05, 0) is 49.5 Å². The topological polar surface area (TPSA) is 50.4 Å². The van der Waals surface area contributed by atoms with Crippen LogP contribution >= 0.6 is 15.9 Å². The molecule has 1 saturated heterocycles. The minimum atomic E-state index is -0.0749. The van der Waals surface area contributed by atoms with Crippen molar-refractivity contribution in [1.82, 2.24) is 10.6 Å². The molecule has 0 aromatic heterocycles. The van der Waals surface area contributed by atoms with E-state index in [0.717, 1.165) is 30.4 Å². The number of methoxy groups -OCH3 is 1. The molecule has 2 N–H and O–H groups in total. The number of ether oxygens (including phenoxy) is 1. The standard InChI is InChI=1S/C15H21BrN2O2/c1-15(5-7-17-8-6-15)10-18-14(19)12-4-3-11(16)9-13(12)20-2/h3-4,9,17H,5-8,10H2,1-2H3,(H,18,19). The Labute approximate surface area is 128 Å². The maximum atomic E-state index is 12.3. The molecule has 4 nitrogen and oxygen atoms in total. The van der Waals surface area contributed by atoms with Crippen LogP contribution in [-0.4, -0.2) is 32.7 Å². The van der Waals surface area contributed by atoms with Gasteiger partial charge in [0.25, 0.3) is 5.91 Å². The third-order valence-electron chi connectivity index (χ3n) is 3.89. The highest BCUT2D eigenvalue weighted by molar-refractivity contribution is 9.10. The molecule has 110 valence electrons. The van der Waals surface area contributed by atoms with Gasteiger partial charge in [-0.1, -0.05) is 22.9 Å². The summed E-state index contributed by atoms with van der Waals surface area (Å²) in [4.78, 5) is 12.3. The smallest absolute Gasteiger partial charge is 0.255 e. The Bertz CT molecular complexity index is 485. The van der Waals surface area contributed by atoms with E-state index in [0.29, 0.717) is 17.9 Å². The van der Waals surface area contributed by atoms with Crippen molar-refractivity contribution in [2.45, 2.75) is 19.8 Å². The lowest BCUT2D eigenvalue weighted by Crippen LogP contribution is -2.42. The van der Waals surface area contributed by atoms with Gasteiger partial charge in [-0.25, -0.2) is 0 Å². The molecule has 5 heteroatoms. The molecule has 1 fully saturated rings. The SMILES string of the molecule is COc1cc(Br)ccc1C(=O)NCC1(C)CCNCC1. The highest BCUT2D eigenvalue weighted by Gasteiger charge is 2.27. The number of halogens is 1. The number of rotatable bonds is 4. The molecular weight excluding hydrogens is 320 g/mol. The molecule has 0 aliphatic carbocycles. The Balaban J connectivity index is 2.01. The molecule has 1 aromatic carbocycles. The van der Waals surface area contributed by atoms with Crippen molar-refractivity contribution < 1.29 is 9.53 Å². The minimum absolute atomic E-state index is 0.0749. The first-order valence-electron chi connectivity index (χ1n) is 6.86. The fourth-order valence-corrected chi connectivity index (χ4v) is 2.79. The highest BCUT2D eigenvalue weighted by atomic mass is 79.9. The van der Waals surface area contributed by atoms with Crippen LogP contribution in [0.1, 0.15) is 30.1 Å². The summed E-state index contributed by atoms with van der Waals surface area (Å²) < 4.78 is 6.16. The summed E-state index contributed by atoms with van der Waals surface area (Å²) in [5.74, 6) is 0.515. The molecule has 1 aliphatic rings. The Morgan fingerprint density at radius 3 is 2.80 bits per heavy atom. The van der Waals surface area contributed by atoms with Crippen LogP contribution in [0.15, 0.2) is 22.7 Å². The van der Waals surface area contributed by atoms with Crippen LogP contribution in [0.4, 0.5) is 0 Å². The number of piperidine rings is 1. The lowest BCUT2D eigenvalue weighted by Gasteiger charge is -2.34. The molecule has 20 heavy (non-hydrogen) atoms. The van der Waals surface area contributed by atoms with Gasteiger partial charge in [-0.2, -0.15) is 0 Å². The molecule has 0 radical (unpaired) electrons. The van der Waals surface area contributed by atoms with E-state index in [4.69, 9.17) is 4.74 Å². The molecule has 1 aliphatic heterocycles. The zero-order valence-corrected chi connectivity index (χ0v) is 13.5. The van der Waals surface area contributed by atoms with Gasteiger partial charge in [-0.3, -0.25) is 4.79 Å². The largest absolute Gasteiger partial charge is 0.496 e. The normalized spacial score (nSPS) is 17.6. The molecule has 0 spiro atoms. The van der Waals surface area contributed by atoms with E-state index >= 15 is 0 Å². The second-order valence-electron chi connectivity index (χ2n) is 5.59. The molecule has 1 aromatic rings. The highest BCUT2D eigenvalue weighted by Crippen LogP contribution is 2.27. The number of carbonyl (C=O) groups excluding carboxylic acids is 1. The van der Waals surface area contributed by atoms with E-state index in [1.807, 2.05) is 6.07 Å². The van der Waals surface area contributed by atoms with Crippen LogP contribution in [0.2, 0.25) is 0 Å². The second-order valence-corrected chi connectivity index (χ2v) is 6.50. The van der Waals surface area contributed by atoms with E-state index in [1.54, 1.807) is 19.2 Å². The van der Waals surface area contributed by atoms with Crippen molar-refractivity contribution in [3.05, 3.63) is 28.2 Å². The van der Waals surface area contributed by atoms with Gasteiger partial charge in [-0.15, -0.1) is 0 Å². The molecule has 0 bridgehead atoms. The zero-order chi connectivity index (χ0) is 14.6. The van der Waals surface area contributed by atoms with E-state index in [2.05, 4.69) is 33.5 Å². The number of amides is 1. The maximum absolute atomic E-state index is 12.3. The van der Waals surface area contributed by atoms with Crippen LogP contribution in [0.3, 0.4) is 0 Å². The quantitative estimate of drug-likeness (QED) is 0.885.